The number of hydrogen-bond acceptors (Lipinski definition) is 4. The zero-order valence-electron chi connectivity index (χ0n) is 7.96. The summed E-state index contributed by atoms with van der Waals surface area (Å²) in [7, 11) is 0. The summed E-state index contributed by atoms with van der Waals surface area (Å²) in [5.41, 5.74) is 0.411. The highest BCUT2D eigenvalue weighted by Gasteiger charge is 2.12. The molecule has 15 heavy (non-hydrogen) atoms. The smallest absolute Gasteiger partial charge is 0.274 e. The lowest BCUT2D eigenvalue weighted by Crippen LogP contribution is -2.10. The van der Waals surface area contributed by atoms with Gasteiger partial charge in [0, 0.05) is 6.07 Å². The van der Waals surface area contributed by atoms with E-state index in [0.717, 1.165) is 0 Å². The predicted molar refractivity (Wildman–Crippen MR) is 53.1 cm³/mol. The second kappa shape index (κ2) is 5.21. The highest BCUT2D eigenvalue weighted by Crippen LogP contribution is 2.18. The summed E-state index contributed by atoms with van der Waals surface area (Å²) >= 11 is 0. The third kappa shape index (κ3) is 3.14. The van der Waals surface area contributed by atoms with Crippen LogP contribution in [-0.2, 0) is 16.1 Å². The Kier molecular flexibility index (Phi) is 3.93. The van der Waals surface area contributed by atoms with Gasteiger partial charge in [-0.1, -0.05) is 12.1 Å². The van der Waals surface area contributed by atoms with Gasteiger partial charge in [0.05, 0.1) is 17.1 Å². The molecule has 0 spiro atoms. The molecule has 1 unspecified atom stereocenters. The number of hydrogen-bond donors (Lipinski definition) is 0. The number of aldehydes is 1. The minimum absolute atomic E-state index is 0.00403. The molecule has 5 heteroatoms. The Morgan fingerprint density at radius 2 is 2.20 bits per heavy atom. The average molecular weight is 208 g/mol. The van der Waals surface area contributed by atoms with Gasteiger partial charge in [0.25, 0.3) is 5.69 Å². The number of nitro groups is 1. The Hall–Kier alpha value is -1.75. The molecule has 1 aromatic carbocycles. The molecular formula is C10H10NO4. The molecule has 1 radical (unpaired) electrons. The summed E-state index contributed by atoms with van der Waals surface area (Å²) in [5.74, 6) is 0. The van der Waals surface area contributed by atoms with E-state index < -0.39 is 11.0 Å². The maximum Gasteiger partial charge on any atom is 0.274 e. The molecule has 0 aliphatic carbocycles. The minimum atomic E-state index is -0.801. The summed E-state index contributed by atoms with van der Waals surface area (Å²) in [6, 6.07) is 6.21. The minimum Gasteiger partial charge on any atom is -0.366 e. The molecular weight excluding hydrogens is 198 g/mol. The quantitative estimate of drug-likeness (QED) is 0.418. The summed E-state index contributed by atoms with van der Waals surface area (Å²) in [4.78, 5) is 20.3. The van der Waals surface area contributed by atoms with Gasteiger partial charge in [0.2, 0.25) is 0 Å². The molecule has 0 N–H and O–H groups in total. The van der Waals surface area contributed by atoms with E-state index in [9.17, 15) is 14.9 Å². The highest BCUT2D eigenvalue weighted by atomic mass is 16.6. The number of benzene rings is 1. The SMILES string of the molecule is [CH2]C(C=O)OCc1ccccc1[N+](=O)[O-]. The number of carbonyl (C=O) groups is 1. The zero-order valence-corrected chi connectivity index (χ0v) is 7.96. The fourth-order valence-electron chi connectivity index (χ4n) is 1.05. The molecule has 0 aromatic heterocycles. The summed E-state index contributed by atoms with van der Waals surface area (Å²) in [6.07, 6.45) is -0.265. The van der Waals surface area contributed by atoms with Gasteiger partial charge in [-0.15, -0.1) is 0 Å². The number of para-hydroxylation sites is 1. The topological polar surface area (TPSA) is 69.4 Å². The number of rotatable bonds is 5. The molecule has 0 fully saturated rings. The standard InChI is InChI=1S/C10H10NO4/c1-8(6-12)15-7-9-4-2-3-5-10(9)11(13)14/h2-6,8H,1,7H2. The Bertz CT molecular complexity index is 364. The molecule has 0 heterocycles. The van der Waals surface area contributed by atoms with Crippen LogP contribution in [-0.4, -0.2) is 17.3 Å². The second-order valence-corrected chi connectivity index (χ2v) is 2.87. The van der Waals surface area contributed by atoms with Gasteiger partial charge < -0.3 is 9.53 Å². The number of nitrogens with zero attached hydrogens (tertiary/aromatic N) is 1. The van der Waals surface area contributed by atoms with E-state index in [-0.39, 0.29) is 12.3 Å². The Balaban J connectivity index is 2.76. The molecule has 0 bridgehead atoms. The van der Waals surface area contributed by atoms with Crippen LogP contribution in [0.4, 0.5) is 5.69 Å². The van der Waals surface area contributed by atoms with Gasteiger partial charge in [0.1, 0.15) is 12.4 Å². The van der Waals surface area contributed by atoms with Crippen LogP contribution in [0.5, 0.6) is 0 Å². The molecule has 1 aromatic rings. The zero-order chi connectivity index (χ0) is 11.3. The van der Waals surface area contributed by atoms with Crippen LogP contribution >= 0.6 is 0 Å². The highest BCUT2D eigenvalue weighted by molar-refractivity contribution is 5.56. The largest absolute Gasteiger partial charge is 0.366 e. The van der Waals surface area contributed by atoms with E-state index in [1.807, 2.05) is 0 Å². The van der Waals surface area contributed by atoms with E-state index in [0.29, 0.717) is 11.8 Å². The molecule has 1 rings (SSSR count). The lowest BCUT2D eigenvalue weighted by Gasteiger charge is -2.06. The maximum atomic E-state index is 10.6. The van der Waals surface area contributed by atoms with Crippen LogP contribution in [0.3, 0.4) is 0 Å². The third-order valence-electron chi connectivity index (χ3n) is 1.79. The summed E-state index contributed by atoms with van der Waals surface area (Å²) < 4.78 is 4.98. The first-order valence-electron chi connectivity index (χ1n) is 4.27. The molecule has 0 aliphatic rings. The Morgan fingerprint density at radius 3 is 2.80 bits per heavy atom. The van der Waals surface area contributed by atoms with Crippen LogP contribution in [0, 0.1) is 17.0 Å². The van der Waals surface area contributed by atoms with Crippen molar-refractivity contribution in [3.63, 3.8) is 0 Å². The maximum absolute atomic E-state index is 10.6. The van der Waals surface area contributed by atoms with Gasteiger partial charge in [-0.3, -0.25) is 10.1 Å². The summed E-state index contributed by atoms with van der Waals surface area (Å²) in [6.45, 7) is 3.39. The fourth-order valence-corrected chi connectivity index (χ4v) is 1.05. The van der Waals surface area contributed by atoms with Gasteiger partial charge in [-0.05, 0) is 13.0 Å². The van der Waals surface area contributed by atoms with Crippen molar-refractivity contribution in [3.8, 4) is 0 Å². The first-order chi connectivity index (χ1) is 7.15. The average Bonchev–Trinajstić information content (AvgIpc) is 2.26. The van der Waals surface area contributed by atoms with E-state index >= 15 is 0 Å². The van der Waals surface area contributed by atoms with Crippen molar-refractivity contribution < 1.29 is 14.5 Å². The van der Waals surface area contributed by atoms with Crippen molar-refractivity contribution >= 4 is 12.0 Å². The first-order valence-corrected chi connectivity index (χ1v) is 4.27. The second-order valence-electron chi connectivity index (χ2n) is 2.87. The lowest BCUT2D eigenvalue weighted by atomic mass is 10.2. The molecule has 0 amide bonds. The van der Waals surface area contributed by atoms with Crippen LogP contribution in [0.2, 0.25) is 0 Å². The molecule has 0 aliphatic heterocycles. The van der Waals surface area contributed by atoms with Gasteiger partial charge >= 0.3 is 0 Å². The number of ether oxygens (including phenoxy) is 1. The van der Waals surface area contributed by atoms with E-state index in [1.165, 1.54) is 6.07 Å². The molecule has 1 atom stereocenters. The lowest BCUT2D eigenvalue weighted by molar-refractivity contribution is -0.386. The van der Waals surface area contributed by atoms with Crippen molar-refractivity contribution in [1.29, 1.82) is 0 Å². The van der Waals surface area contributed by atoms with Gasteiger partial charge in [-0.2, -0.15) is 0 Å². The fraction of sp³-hybridized carbons (Fsp3) is 0.200. The molecule has 0 saturated carbocycles. The van der Waals surface area contributed by atoms with Crippen molar-refractivity contribution in [2.75, 3.05) is 0 Å². The monoisotopic (exact) mass is 208 g/mol. The third-order valence-corrected chi connectivity index (χ3v) is 1.79. The van der Waals surface area contributed by atoms with Crippen LogP contribution in [0.15, 0.2) is 24.3 Å². The van der Waals surface area contributed by atoms with Crippen molar-refractivity contribution in [2.24, 2.45) is 0 Å². The molecule has 0 saturated heterocycles. The van der Waals surface area contributed by atoms with E-state index in [2.05, 4.69) is 6.92 Å². The molecule has 5 nitrogen and oxygen atoms in total. The first kappa shape index (κ1) is 11.3. The van der Waals surface area contributed by atoms with Crippen LogP contribution in [0.1, 0.15) is 5.56 Å². The van der Waals surface area contributed by atoms with Crippen molar-refractivity contribution in [2.45, 2.75) is 12.7 Å². The van der Waals surface area contributed by atoms with Crippen LogP contribution < -0.4 is 0 Å². The van der Waals surface area contributed by atoms with E-state index in [4.69, 9.17) is 4.74 Å². The van der Waals surface area contributed by atoms with Crippen molar-refractivity contribution in [1.82, 2.24) is 0 Å². The molecule has 79 valence electrons. The number of nitro benzene ring substituents is 1. The predicted octanol–water partition coefficient (Wildman–Crippen LogP) is 1.51. The van der Waals surface area contributed by atoms with Gasteiger partial charge in [-0.25, -0.2) is 0 Å². The van der Waals surface area contributed by atoms with Gasteiger partial charge in [0.15, 0.2) is 0 Å². The Morgan fingerprint density at radius 1 is 1.53 bits per heavy atom. The summed E-state index contributed by atoms with van der Waals surface area (Å²) in [5, 5.41) is 10.6. The van der Waals surface area contributed by atoms with Crippen molar-refractivity contribution in [3.05, 3.63) is 46.9 Å². The van der Waals surface area contributed by atoms with Crippen LogP contribution in [0.25, 0.3) is 0 Å². The normalized spacial score (nSPS) is 12.1. The number of carbonyl (C=O) groups excluding carboxylic acids is 1. The Labute approximate surface area is 86.8 Å². The van der Waals surface area contributed by atoms with E-state index in [1.54, 1.807) is 18.2 Å².